The molecule has 1 saturated carbocycles. The van der Waals surface area contributed by atoms with E-state index in [1.165, 1.54) is 68.8 Å². The minimum Gasteiger partial charge on any atom is -0.504 e. The summed E-state index contributed by atoms with van der Waals surface area (Å²) in [5.74, 6) is -4.37. The predicted molar refractivity (Wildman–Crippen MR) is 198 cm³/mol. The molecule has 60 heavy (non-hydrogen) atoms. The summed E-state index contributed by atoms with van der Waals surface area (Å²) in [6.45, 7) is 0.193. The quantitative estimate of drug-likeness (QED) is 0.0501. The third-order valence-electron chi connectivity index (χ3n) is 11.2. The van der Waals surface area contributed by atoms with E-state index in [1.807, 2.05) is 0 Å². The number of hydrogen-bond donors (Lipinski definition) is 9. The van der Waals surface area contributed by atoms with Crippen molar-refractivity contribution in [3.05, 3.63) is 72.0 Å². The van der Waals surface area contributed by atoms with Crippen molar-refractivity contribution in [2.75, 3.05) is 20.3 Å². The second-order valence-corrected chi connectivity index (χ2v) is 14.9. The lowest BCUT2D eigenvalue weighted by Gasteiger charge is -2.44. The van der Waals surface area contributed by atoms with Gasteiger partial charge in [0.05, 0.1) is 44.7 Å². The van der Waals surface area contributed by atoms with Gasteiger partial charge in [-0.25, -0.2) is 9.59 Å². The third-order valence-corrected chi connectivity index (χ3v) is 11.2. The number of methoxy groups -OCH3 is 1. The van der Waals surface area contributed by atoms with Gasteiger partial charge in [0.1, 0.15) is 42.2 Å². The summed E-state index contributed by atoms with van der Waals surface area (Å²) in [5.41, 5.74) is -0.600. The van der Waals surface area contributed by atoms with Crippen molar-refractivity contribution in [1.82, 2.24) is 0 Å². The number of hydrogen-bond acceptors (Lipinski definition) is 20. The lowest BCUT2D eigenvalue weighted by molar-refractivity contribution is -0.347. The van der Waals surface area contributed by atoms with Gasteiger partial charge in [0.15, 0.2) is 47.8 Å². The van der Waals surface area contributed by atoms with E-state index < -0.39 is 128 Å². The summed E-state index contributed by atoms with van der Waals surface area (Å²) < 4.78 is 52.4. The molecule has 1 aliphatic carbocycles. The van der Waals surface area contributed by atoms with Crippen LogP contribution in [0.2, 0.25) is 0 Å². The Balaban J connectivity index is 1.14. The second-order valence-electron chi connectivity index (χ2n) is 14.9. The van der Waals surface area contributed by atoms with Crippen LogP contribution in [0.15, 0.2) is 60.9 Å². The number of carbonyl (C=O) groups excluding carboxylic acids is 2. The minimum atomic E-state index is -1.77. The lowest BCUT2D eigenvalue weighted by Crippen LogP contribution is -2.61. The van der Waals surface area contributed by atoms with E-state index in [9.17, 15) is 55.5 Å². The first kappa shape index (κ1) is 43.3. The maximum Gasteiger partial charge on any atom is 0.331 e. The molecule has 0 bridgehead atoms. The highest BCUT2D eigenvalue weighted by Gasteiger charge is 2.77. The Labute approximate surface area is 341 Å². The Morgan fingerprint density at radius 2 is 1.42 bits per heavy atom. The molecule has 16 atom stereocenters. The zero-order chi connectivity index (χ0) is 43.0. The molecular weight excluding hydrogens is 800 g/mol. The number of aliphatic hydroxyl groups is 6. The zero-order valence-electron chi connectivity index (χ0n) is 32.0. The van der Waals surface area contributed by atoms with E-state index in [0.717, 1.165) is 12.2 Å². The van der Waals surface area contributed by atoms with E-state index in [1.54, 1.807) is 6.08 Å². The molecule has 2 aromatic rings. The molecule has 5 aliphatic rings. The number of esters is 2. The highest BCUT2D eigenvalue weighted by molar-refractivity contribution is 5.88. The first-order valence-corrected chi connectivity index (χ1v) is 18.9. The van der Waals surface area contributed by atoms with Crippen molar-refractivity contribution >= 4 is 24.1 Å². The fourth-order valence-corrected chi connectivity index (χ4v) is 7.94. The number of phenolic OH excluding ortho intramolecular Hbond substituents is 3. The van der Waals surface area contributed by atoms with Gasteiger partial charge in [0.25, 0.3) is 0 Å². The van der Waals surface area contributed by atoms with Crippen LogP contribution in [0.25, 0.3) is 12.2 Å². The average Bonchev–Trinajstić information content (AvgIpc) is 3.91. The number of rotatable bonds is 13. The summed E-state index contributed by atoms with van der Waals surface area (Å²) in [4.78, 5) is 26.7. The Morgan fingerprint density at radius 1 is 0.750 bits per heavy atom. The van der Waals surface area contributed by atoms with Crippen molar-refractivity contribution in [1.29, 1.82) is 0 Å². The van der Waals surface area contributed by atoms with Gasteiger partial charge in [-0.2, -0.15) is 0 Å². The molecule has 2 aromatic carbocycles. The Morgan fingerprint density at radius 3 is 2.07 bits per heavy atom. The summed E-state index contributed by atoms with van der Waals surface area (Å²) >= 11 is 0. The summed E-state index contributed by atoms with van der Waals surface area (Å²) in [5, 5.41) is 92.4. The number of aromatic hydroxyl groups is 3. The summed E-state index contributed by atoms with van der Waals surface area (Å²) in [6, 6.07) is 8.14. The second kappa shape index (κ2) is 17.6. The van der Waals surface area contributed by atoms with Crippen LogP contribution in [0.1, 0.15) is 18.1 Å². The van der Waals surface area contributed by atoms with Gasteiger partial charge in [0.2, 0.25) is 6.29 Å². The van der Waals surface area contributed by atoms with Crippen molar-refractivity contribution < 1.29 is 98.2 Å². The van der Waals surface area contributed by atoms with Gasteiger partial charge in [0, 0.05) is 18.1 Å². The molecule has 326 valence electrons. The molecular formula is C40H46O20. The fraction of sp³-hybridized carbons (Fsp3) is 0.500. The molecule has 3 saturated heterocycles. The summed E-state index contributed by atoms with van der Waals surface area (Å²) in [6.07, 6.45) is -11.2. The van der Waals surface area contributed by atoms with E-state index in [-0.39, 0.29) is 17.2 Å². The van der Waals surface area contributed by atoms with E-state index in [2.05, 4.69) is 0 Å². The monoisotopic (exact) mass is 846 g/mol. The first-order chi connectivity index (χ1) is 28.7. The van der Waals surface area contributed by atoms with Crippen molar-refractivity contribution in [3.63, 3.8) is 0 Å². The molecule has 4 heterocycles. The standard InChI is InChI=1S/C40H46O20/c1-17-29(48)34(56-26(46)10-6-19-4-8-22(44)24(14-19)52-2)35(57-27(47)9-5-18-3-7-21(43)23(45)13-18)39(54-17)58-33-20-11-12-53-37(28(20)40(16-42)36(33)60-40)59-38-32(51)31(50)30(49)25(15-41)55-38/h3-14,17,20,25,28-39,41-45,48-51H,15-16H2,1-2H3/t17-,20+,25+,28+,29-,30+,31-,32+,33-,34+,35+,36-,37-,38-,39-,40+/m0/s1. The number of aliphatic hydroxyl groups excluding tert-OH is 6. The molecule has 20 nitrogen and oxygen atoms in total. The van der Waals surface area contributed by atoms with E-state index in [0.29, 0.717) is 11.1 Å². The zero-order valence-corrected chi connectivity index (χ0v) is 32.0. The van der Waals surface area contributed by atoms with Gasteiger partial charge >= 0.3 is 11.9 Å². The van der Waals surface area contributed by atoms with Crippen molar-refractivity contribution in [3.8, 4) is 23.0 Å². The molecule has 9 N–H and O–H groups in total. The highest BCUT2D eigenvalue weighted by atomic mass is 16.8. The fourth-order valence-electron chi connectivity index (χ4n) is 7.94. The molecule has 0 aromatic heterocycles. The predicted octanol–water partition coefficient (Wildman–Crippen LogP) is -1.08. The maximum atomic E-state index is 13.4. The number of epoxide rings is 1. The topological polar surface area (TPSA) is 303 Å². The number of ether oxygens (including phenoxy) is 9. The van der Waals surface area contributed by atoms with Crippen LogP contribution in [0.5, 0.6) is 23.0 Å². The van der Waals surface area contributed by atoms with Gasteiger partial charge < -0.3 is 88.6 Å². The van der Waals surface area contributed by atoms with Crippen LogP contribution < -0.4 is 4.74 Å². The van der Waals surface area contributed by atoms with Crippen LogP contribution in [-0.4, -0.2) is 164 Å². The van der Waals surface area contributed by atoms with Crippen molar-refractivity contribution in [2.24, 2.45) is 11.8 Å². The largest absolute Gasteiger partial charge is 0.504 e. The minimum absolute atomic E-state index is 0.127. The Hall–Kier alpha value is -4.84. The van der Waals surface area contributed by atoms with Crippen LogP contribution in [0.4, 0.5) is 0 Å². The van der Waals surface area contributed by atoms with Crippen LogP contribution in [0, 0.1) is 11.8 Å². The number of benzene rings is 2. The molecule has 0 radical (unpaired) electrons. The molecule has 7 rings (SSSR count). The van der Waals surface area contributed by atoms with Gasteiger partial charge in [-0.1, -0.05) is 12.1 Å². The molecule has 0 spiro atoms. The van der Waals surface area contributed by atoms with Crippen LogP contribution >= 0.6 is 0 Å². The van der Waals surface area contributed by atoms with Crippen molar-refractivity contribution in [2.45, 2.75) is 92.4 Å². The number of carbonyl (C=O) groups is 2. The molecule has 0 amide bonds. The third kappa shape index (κ3) is 8.41. The highest BCUT2D eigenvalue weighted by Crippen LogP contribution is 2.61. The molecule has 0 unspecified atom stereocenters. The number of fused-ring (bicyclic) bond motifs is 3. The maximum absolute atomic E-state index is 13.4. The SMILES string of the molecule is COc1cc(C=CC(=O)O[C@@H]2[C@@H](O)[C@H](C)O[C@@H](O[C@H]3[C@@H]4C=CO[C@@H](O[C@@H]5O[C@H](CO)[C@@H](O)[C@H](O)[C@H]5O)[C@@H]4[C@@]4(CO)O[C@@H]34)[C@@H]2OC(=O)C=Cc2ccc(O)c(O)c2)ccc1O. The van der Waals surface area contributed by atoms with E-state index in [4.69, 9.17) is 42.6 Å². The summed E-state index contributed by atoms with van der Waals surface area (Å²) in [7, 11) is 1.35. The van der Waals surface area contributed by atoms with Gasteiger partial charge in [-0.05, 0) is 60.5 Å². The van der Waals surface area contributed by atoms with Gasteiger partial charge in [-0.15, -0.1) is 0 Å². The molecule has 4 fully saturated rings. The first-order valence-electron chi connectivity index (χ1n) is 18.9. The Kier molecular flexibility index (Phi) is 12.7. The molecule has 4 aliphatic heterocycles. The average molecular weight is 847 g/mol. The Bertz CT molecular complexity index is 1970. The smallest absolute Gasteiger partial charge is 0.331 e. The van der Waals surface area contributed by atoms with Crippen LogP contribution in [0.3, 0.4) is 0 Å². The van der Waals surface area contributed by atoms with Gasteiger partial charge in [-0.3, -0.25) is 0 Å². The normalized spacial score (nSPS) is 38.2. The van der Waals surface area contributed by atoms with Crippen LogP contribution in [-0.2, 0) is 47.5 Å². The van der Waals surface area contributed by atoms with E-state index >= 15 is 0 Å². The molecule has 20 heteroatoms. The lowest BCUT2D eigenvalue weighted by atomic mass is 9.85. The number of phenols is 3.